The van der Waals surface area contributed by atoms with Crippen LogP contribution in [0.3, 0.4) is 0 Å². The molecule has 14 heteroatoms. The van der Waals surface area contributed by atoms with Crippen LogP contribution in [0.5, 0.6) is 5.75 Å². The fraction of sp³-hybridized carbons (Fsp3) is 0.552. The summed E-state index contributed by atoms with van der Waals surface area (Å²) >= 11 is 12.8. The van der Waals surface area contributed by atoms with Crippen LogP contribution in [-0.4, -0.2) is 95.6 Å². The number of ether oxygens (including phenoxy) is 2. The van der Waals surface area contributed by atoms with Crippen LogP contribution in [0.25, 0.3) is 0 Å². The van der Waals surface area contributed by atoms with Gasteiger partial charge in [-0.15, -0.1) is 0 Å². The molecule has 2 aromatic carbocycles. The molecule has 1 saturated heterocycles. The van der Waals surface area contributed by atoms with Crippen molar-refractivity contribution >= 4 is 38.9 Å². The Morgan fingerprint density at radius 2 is 1.91 bits per heavy atom. The van der Waals surface area contributed by atoms with Gasteiger partial charge >= 0.3 is 12.1 Å². The standard InChI is InChI=1S/C29H36Cl2F3N3O5S/c1-18-12-21(4-5-26(18)42-27-23-13-20(30)14-24(31)22(23)15-25(27)36(2)3)43(39,40)17-19-6-8-37(16-19)9-11-41-10-7-35-28(38)29(32,33)34/h4-5,12-14,19,25,27H,6-11,15-17H2,1-3H3,(H,35,38)/t19-,25-,27-/m0/s1. The maximum atomic E-state index is 13.3. The van der Waals surface area contributed by atoms with Crippen molar-refractivity contribution in [3.05, 3.63) is 57.1 Å². The zero-order valence-electron chi connectivity index (χ0n) is 24.2. The molecule has 1 N–H and O–H groups in total. The number of amides is 1. The topological polar surface area (TPSA) is 88.2 Å². The molecular formula is C29H36Cl2F3N3O5S. The molecule has 238 valence electrons. The van der Waals surface area contributed by atoms with Crippen molar-refractivity contribution in [2.75, 3.05) is 59.2 Å². The van der Waals surface area contributed by atoms with Crippen LogP contribution >= 0.6 is 23.2 Å². The van der Waals surface area contributed by atoms with Gasteiger partial charge in [-0.05, 0) is 87.8 Å². The number of rotatable bonds is 12. The van der Waals surface area contributed by atoms with E-state index in [4.69, 9.17) is 32.7 Å². The number of nitrogens with zero attached hydrogens (tertiary/aromatic N) is 2. The van der Waals surface area contributed by atoms with Gasteiger partial charge in [0, 0.05) is 35.2 Å². The molecule has 1 aliphatic heterocycles. The largest absolute Gasteiger partial charge is 0.484 e. The third-order valence-corrected chi connectivity index (χ3v) is 10.3. The molecule has 2 aromatic rings. The number of benzene rings is 2. The molecule has 0 spiro atoms. The lowest BCUT2D eigenvalue weighted by atomic mass is 10.1. The molecule has 43 heavy (non-hydrogen) atoms. The minimum absolute atomic E-state index is 0.00315. The molecule has 3 atom stereocenters. The quantitative estimate of drug-likeness (QED) is 0.329. The first-order valence-corrected chi connectivity index (χ1v) is 16.4. The third kappa shape index (κ3) is 8.55. The third-order valence-electron chi connectivity index (χ3n) is 7.85. The number of likely N-dealkylation sites (tertiary alicyclic amines) is 1. The van der Waals surface area contributed by atoms with Crippen molar-refractivity contribution in [3.8, 4) is 5.75 Å². The van der Waals surface area contributed by atoms with Gasteiger partial charge in [-0.1, -0.05) is 23.2 Å². The van der Waals surface area contributed by atoms with E-state index >= 15 is 0 Å². The summed E-state index contributed by atoms with van der Waals surface area (Å²) in [6.07, 6.45) is -3.82. The van der Waals surface area contributed by atoms with Crippen LogP contribution in [0.15, 0.2) is 35.2 Å². The van der Waals surface area contributed by atoms with Crippen molar-refractivity contribution in [1.82, 2.24) is 15.1 Å². The summed E-state index contributed by atoms with van der Waals surface area (Å²) in [4.78, 5) is 15.2. The minimum atomic E-state index is -4.91. The molecule has 8 nitrogen and oxygen atoms in total. The number of hydrogen-bond donors (Lipinski definition) is 1. The highest BCUT2D eigenvalue weighted by Crippen LogP contribution is 2.42. The molecule has 2 aliphatic rings. The lowest BCUT2D eigenvalue weighted by molar-refractivity contribution is -0.173. The van der Waals surface area contributed by atoms with Crippen LogP contribution in [0.2, 0.25) is 10.0 Å². The van der Waals surface area contributed by atoms with Crippen LogP contribution in [0.4, 0.5) is 13.2 Å². The molecule has 0 aromatic heterocycles. The molecule has 0 unspecified atom stereocenters. The second-order valence-electron chi connectivity index (χ2n) is 11.3. The predicted molar refractivity (Wildman–Crippen MR) is 159 cm³/mol. The van der Waals surface area contributed by atoms with Gasteiger partial charge in [0.2, 0.25) is 0 Å². The Morgan fingerprint density at radius 1 is 1.16 bits per heavy atom. The Morgan fingerprint density at radius 3 is 2.58 bits per heavy atom. The zero-order chi connectivity index (χ0) is 31.5. The second kappa shape index (κ2) is 13.9. The number of carbonyl (C=O) groups is 1. The summed E-state index contributed by atoms with van der Waals surface area (Å²) in [5.74, 6) is -1.46. The Bertz CT molecular complexity index is 1420. The van der Waals surface area contributed by atoms with E-state index in [0.717, 1.165) is 11.1 Å². The number of carbonyl (C=O) groups excluding carboxylic acids is 1. The first-order chi connectivity index (χ1) is 20.2. The second-order valence-corrected chi connectivity index (χ2v) is 14.1. The lowest BCUT2D eigenvalue weighted by Crippen LogP contribution is -2.38. The van der Waals surface area contributed by atoms with E-state index in [0.29, 0.717) is 53.8 Å². The number of hydrogen-bond acceptors (Lipinski definition) is 7. The van der Waals surface area contributed by atoms with Crippen molar-refractivity contribution in [3.63, 3.8) is 0 Å². The van der Waals surface area contributed by atoms with Crippen LogP contribution < -0.4 is 10.1 Å². The van der Waals surface area contributed by atoms with Crippen molar-refractivity contribution < 1.29 is 35.9 Å². The molecule has 0 radical (unpaired) electrons. The van der Waals surface area contributed by atoms with Crippen LogP contribution in [0, 0.1) is 12.8 Å². The van der Waals surface area contributed by atoms with E-state index in [2.05, 4.69) is 9.80 Å². The molecule has 0 saturated carbocycles. The highest BCUT2D eigenvalue weighted by molar-refractivity contribution is 7.91. The molecular weight excluding hydrogens is 630 g/mol. The Labute approximate surface area is 260 Å². The van der Waals surface area contributed by atoms with Crippen LogP contribution in [-0.2, 0) is 25.8 Å². The lowest BCUT2D eigenvalue weighted by Gasteiger charge is -2.28. The van der Waals surface area contributed by atoms with E-state index in [-0.39, 0.29) is 48.5 Å². The van der Waals surface area contributed by atoms with Gasteiger partial charge in [-0.3, -0.25) is 4.79 Å². The summed E-state index contributed by atoms with van der Waals surface area (Å²) in [5.41, 5.74) is 2.63. The van der Waals surface area contributed by atoms with E-state index in [1.807, 2.05) is 27.1 Å². The summed E-state index contributed by atoms with van der Waals surface area (Å²) in [7, 11) is 0.397. The average molecular weight is 667 g/mol. The van der Waals surface area contributed by atoms with E-state index in [1.54, 1.807) is 29.6 Å². The van der Waals surface area contributed by atoms with Crippen molar-refractivity contribution in [1.29, 1.82) is 0 Å². The Hall–Kier alpha value is -2.09. The molecule has 4 rings (SSSR count). The molecule has 1 amide bonds. The van der Waals surface area contributed by atoms with Crippen molar-refractivity contribution in [2.45, 2.75) is 43.0 Å². The number of aryl methyl sites for hydroxylation is 1. The monoisotopic (exact) mass is 665 g/mol. The van der Waals surface area contributed by atoms with Crippen LogP contribution in [0.1, 0.15) is 29.2 Å². The van der Waals surface area contributed by atoms with Gasteiger partial charge in [0.1, 0.15) is 11.9 Å². The van der Waals surface area contributed by atoms with Gasteiger partial charge in [-0.2, -0.15) is 13.2 Å². The SMILES string of the molecule is Cc1cc(S(=O)(=O)C[C@H]2CCN(CCOCCNC(=O)C(F)(F)F)C2)ccc1O[C@H]1c2cc(Cl)cc(Cl)c2C[C@@H]1N(C)C. The normalized spacial score (nSPS) is 20.9. The number of sulfone groups is 1. The number of halogens is 5. The highest BCUT2D eigenvalue weighted by Gasteiger charge is 2.39. The van der Waals surface area contributed by atoms with E-state index < -0.39 is 21.9 Å². The predicted octanol–water partition coefficient (Wildman–Crippen LogP) is 4.70. The fourth-order valence-electron chi connectivity index (χ4n) is 5.59. The number of nitrogens with one attached hydrogen (secondary N) is 1. The van der Waals surface area contributed by atoms with E-state index in [9.17, 15) is 26.4 Å². The highest BCUT2D eigenvalue weighted by atomic mass is 35.5. The Balaban J connectivity index is 1.30. The maximum Gasteiger partial charge on any atom is 0.471 e. The molecule has 1 fully saturated rings. The first-order valence-electron chi connectivity index (χ1n) is 13.9. The summed E-state index contributed by atoms with van der Waals surface area (Å²) in [6.45, 7) is 3.60. The van der Waals surface area contributed by atoms with Gasteiger partial charge in [0.15, 0.2) is 9.84 Å². The average Bonchev–Trinajstić information content (AvgIpc) is 3.50. The summed E-state index contributed by atoms with van der Waals surface area (Å²) in [6, 6.07) is 8.57. The first kappa shape index (κ1) is 33.8. The maximum absolute atomic E-state index is 13.3. The molecule has 0 bridgehead atoms. The number of fused-ring (bicyclic) bond motifs is 1. The van der Waals surface area contributed by atoms with Gasteiger partial charge in [0.05, 0.1) is 29.9 Å². The summed E-state index contributed by atoms with van der Waals surface area (Å²) < 4.78 is 75.0. The number of likely N-dealkylation sites (N-methyl/N-ethyl adjacent to an activating group) is 1. The fourth-order valence-corrected chi connectivity index (χ4v) is 7.89. The minimum Gasteiger partial charge on any atom is -0.484 e. The summed E-state index contributed by atoms with van der Waals surface area (Å²) in [5, 5.41) is 2.88. The molecule has 1 aliphatic carbocycles. The number of alkyl halides is 3. The van der Waals surface area contributed by atoms with Gasteiger partial charge in [0.25, 0.3) is 0 Å². The van der Waals surface area contributed by atoms with Gasteiger partial charge in [-0.25, -0.2) is 8.42 Å². The molecule has 1 heterocycles. The smallest absolute Gasteiger partial charge is 0.471 e. The Kier molecular flexibility index (Phi) is 10.9. The van der Waals surface area contributed by atoms with E-state index in [1.165, 1.54) is 0 Å². The van der Waals surface area contributed by atoms with Gasteiger partial charge < -0.3 is 24.6 Å². The van der Waals surface area contributed by atoms with Crippen molar-refractivity contribution in [2.24, 2.45) is 5.92 Å². The zero-order valence-corrected chi connectivity index (χ0v) is 26.5.